The number of hydrogen-bond donors (Lipinski definition) is 1. The Morgan fingerprint density at radius 2 is 1.31 bits per heavy atom. The molecule has 0 bridgehead atoms. The Hall–Kier alpha value is -0.610. The molecule has 4 rings (SSSR count). The molecule has 2 aliphatic carbocycles. The Kier molecular flexibility index (Phi) is 5.61. The van der Waals surface area contributed by atoms with Gasteiger partial charge in [0.15, 0.2) is 11.7 Å². The van der Waals surface area contributed by atoms with E-state index in [9.17, 15) is 9.90 Å². The van der Waals surface area contributed by atoms with Gasteiger partial charge in [0.05, 0.1) is 19.6 Å². The summed E-state index contributed by atoms with van der Waals surface area (Å²) < 4.78 is 7.22. The molecule has 0 amide bonds. The van der Waals surface area contributed by atoms with Crippen LogP contribution in [0.3, 0.4) is 0 Å². The van der Waals surface area contributed by atoms with E-state index in [4.69, 9.17) is 4.74 Å². The summed E-state index contributed by atoms with van der Waals surface area (Å²) in [6.07, 6.45) is 14.7. The SMILES string of the molecule is O=C(OC1CC[N+]2(CCCC2)C1)C(O)(C1CCCCC1)C1CCCCC1. The third kappa shape index (κ3) is 3.56. The highest BCUT2D eigenvalue weighted by Gasteiger charge is 2.53. The summed E-state index contributed by atoms with van der Waals surface area (Å²) in [6, 6.07) is 0. The van der Waals surface area contributed by atoms with Crippen LogP contribution >= 0.6 is 0 Å². The van der Waals surface area contributed by atoms with E-state index in [2.05, 4.69) is 0 Å². The molecule has 26 heavy (non-hydrogen) atoms. The van der Waals surface area contributed by atoms with Crippen molar-refractivity contribution in [3.05, 3.63) is 0 Å². The third-order valence-electron chi connectivity index (χ3n) is 8.09. The molecule has 1 N–H and O–H groups in total. The maximum Gasteiger partial charge on any atom is 0.339 e. The lowest BCUT2D eigenvalue weighted by Crippen LogP contribution is -2.55. The quantitative estimate of drug-likeness (QED) is 0.609. The third-order valence-corrected chi connectivity index (χ3v) is 8.09. The Bertz CT molecular complexity index is 470. The average Bonchev–Trinajstić information content (AvgIpc) is 3.32. The van der Waals surface area contributed by atoms with E-state index < -0.39 is 5.60 Å². The zero-order valence-electron chi connectivity index (χ0n) is 16.5. The van der Waals surface area contributed by atoms with Crippen LogP contribution in [0.25, 0.3) is 0 Å². The molecule has 0 aromatic carbocycles. The van der Waals surface area contributed by atoms with Crippen molar-refractivity contribution in [2.24, 2.45) is 11.8 Å². The second-order valence-corrected chi connectivity index (χ2v) is 9.71. The lowest BCUT2D eigenvalue weighted by molar-refractivity contribution is -0.906. The molecular weight excluding hydrogens is 326 g/mol. The number of nitrogens with zero attached hydrogens (tertiary/aromatic N) is 1. The molecular formula is C22H38NO3+. The molecule has 1 spiro atoms. The first-order valence-electron chi connectivity index (χ1n) is 11.4. The Morgan fingerprint density at radius 1 is 0.769 bits per heavy atom. The van der Waals surface area contributed by atoms with Gasteiger partial charge >= 0.3 is 5.97 Å². The number of esters is 1. The molecule has 4 heteroatoms. The molecule has 4 fully saturated rings. The highest BCUT2D eigenvalue weighted by molar-refractivity contribution is 5.80. The molecule has 2 saturated carbocycles. The fraction of sp³-hybridized carbons (Fsp3) is 0.955. The first kappa shape index (κ1) is 18.7. The van der Waals surface area contributed by atoms with Crippen LogP contribution < -0.4 is 0 Å². The van der Waals surface area contributed by atoms with Gasteiger partial charge in [-0.25, -0.2) is 4.79 Å². The molecule has 0 radical (unpaired) electrons. The first-order valence-corrected chi connectivity index (χ1v) is 11.4. The van der Waals surface area contributed by atoms with Crippen molar-refractivity contribution in [2.45, 2.75) is 95.2 Å². The van der Waals surface area contributed by atoms with Crippen molar-refractivity contribution < 1.29 is 19.1 Å². The summed E-state index contributed by atoms with van der Waals surface area (Å²) in [7, 11) is 0. The van der Waals surface area contributed by atoms with Crippen LogP contribution in [-0.2, 0) is 9.53 Å². The smallest absolute Gasteiger partial charge is 0.339 e. The number of carbonyl (C=O) groups is 1. The fourth-order valence-electron chi connectivity index (χ4n) is 6.54. The molecule has 2 saturated heterocycles. The van der Waals surface area contributed by atoms with Crippen molar-refractivity contribution in [1.29, 1.82) is 0 Å². The van der Waals surface area contributed by atoms with Gasteiger partial charge in [0.1, 0.15) is 6.54 Å². The monoisotopic (exact) mass is 364 g/mol. The van der Waals surface area contributed by atoms with Crippen LogP contribution in [0.1, 0.15) is 83.5 Å². The Labute approximate surface area is 158 Å². The predicted molar refractivity (Wildman–Crippen MR) is 102 cm³/mol. The summed E-state index contributed by atoms with van der Waals surface area (Å²) in [5.41, 5.74) is -1.22. The predicted octanol–water partition coefficient (Wildman–Crippen LogP) is 3.80. The fourth-order valence-corrected chi connectivity index (χ4v) is 6.54. The van der Waals surface area contributed by atoms with Gasteiger partial charge in [-0.05, 0) is 37.5 Å². The van der Waals surface area contributed by atoms with Crippen molar-refractivity contribution in [2.75, 3.05) is 26.2 Å². The number of rotatable bonds is 4. The normalized spacial score (nSPS) is 30.7. The van der Waals surface area contributed by atoms with Gasteiger partial charge in [-0.2, -0.15) is 0 Å². The molecule has 4 aliphatic rings. The maximum atomic E-state index is 13.3. The molecule has 148 valence electrons. The number of aliphatic hydroxyl groups is 1. The molecule has 2 heterocycles. The number of quaternary nitrogens is 1. The van der Waals surface area contributed by atoms with Crippen molar-refractivity contribution >= 4 is 5.97 Å². The summed E-state index contributed by atoms with van der Waals surface area (Å²) in [6.45, 7) is 4.65. The maximum absolute atomic E-state index is 13.3. The summed E-state index contributed by atoms with van der Waals surface area (Å²) in [4.78, 5) is 13.3. The molecule has 0 aromatic rings. The number of ether oxygens (including phenoxy) is 1. The van der Waals surface area contributed by atoms with Crippen LogP contribution in [0.15, 0.2) is 0 Å². The average molecular weight is 365 g/mol. The van der Waals surface area contributed by atoms with Crippen LogP contribution in [0.5, 0.6) is 0 Å². The number of hydrogen-bond acceptors (Lipinski definition) is 3. The van der Waals surface area contributed by atoms with Crippen LogP contribution in [0.2, 0.25) is 0 Å². The van der Waals surface area contributed by atoms with Gasteiger partial charge in [0, 0.05) is 19.3 Å². The molecule has 4 nitrogen and oxygen atoms in total. The number of carbonyl (C=O) groups excluding carboxylic acids is 1. The molecule has 0 aromatic heterocycles. The minimum absolute atomic E-state index is 0.0271. The Balaban J connectivity index is 1.46. The van der Waals surface area contributed by atoms with E-state index in [0.717, 1.165) is 75.4 Å². The van der Waals surface area contributed by atoms with E-state index in [1.165, 1.54) is 38.8 Å². The summed E-state index contributed by atoms with van der Waals surface area (Å²) in [5, 5.41) is 11.8. The van der Waals surface area contributed by atoms with E-state index >= 15 is 0 Å². The second kappa shape index (κ2) is 7.79. The topological polar surface area (TPSA) is 46.5 Å². The standard InChI is InChI=1S/C22H38NO3/c24-21(26-20-13-16-23(17-20)14-7-8-15-23)22(25,18-9-3-1-4-10-18)19-11-5-2-6-12-19/h18-20,25H,1-17H2/q+1. The zero-order chi connectivity index (χ0) is 18.0. The summed E-state index contributed by atoms with van der Waals surface area (Å²) in [5.74, 6) is -0.0353. The minimum atomic E-state index is -1.22. The van der Waals surface area contributed by atoms with Crippen molar-refractivity contribution in [1.82, 2.24) is 0 Å². The Morgan fingerprint density at radius 3 is 1.85 bits per heavy atom. The highest BCUT2D eigenvalue weighted by Crippen LogP contribution is 2.44. The molecule has 2 aliphatic heterocycles. The van der Waals surface area contributed by atoms with Gasteiger partial charge in [-0.3, -0.25) is 0 Å². The van der Waals surface area contributed by atoms with Crippen molar-refractivity contribution in [3.8, 4) is 0 Å². The highest BCUT2D eigenvalue weighted by atomic mass is 16.6. The van der Waals surface area contributed by atoms with Crippen LogP contribution in [-0.4, -0.2) is 53.4 Å². The van der Waals surface area contributed by atoms with Crippen LogP contribution in [0, 0.1) is 11.8 Å². The van der Waals surface area contributed by atoms with E-state index in [1.807, 2.05) is 0 Å². The zero-order valence-corrected chi connectivity index (χ0v) is 16.5. The molecule has 1 atom stereocenters. The first-order chi connectivity index (χ1) is 12.6. The van der Waals surface area contributed by atoms with Gasteiger partial charge < -0.3 is 14.3 Å². The second-order valence-electron chi connectivity index (χ2n) is 9.71. The van der Waals surface area contributed by atoms with Gasteiger partial charge in [0.25, 0.3) is 0 Å². The van der Waals surface area contributed by atoms with E-state index in [1.54, 1.807) is 0 Å². The van der Waals surface area contributed by atoms with Gasteiger partial charge in [-0.1, -0.05) is 38.5 Å². The van der Waals surface area contributed by atoms with E-state index in [-0.39, 0.29) is 23.9 Å². The van der Waals surface area contributed by atoms with E-state index in [0.29, 0.717) is 0 Å². The largest absolute Gasteiger partial charge is 0.454 e. The van der Waals surface area contributed by atoms with Gasteiger partial charge in [-0.15, -0.1) is 0 Å². The van der Waals surface area contributed by atoms with Gasteiger partial charge in [0.2, 0.25) is 0 Å². The minimum Gasteiger partial charge on any atom is -0.454 e. The summed E-state index contributed by atoms with van der Waals surface area (Å²) >= 11 is 0. The lowest BCUT2D eigenvalue weighted by atomic mass is 9.66. The van der Waals surface area contributed by atoms with Crippen LogP contribution in [0.4, 0.5) is 0 Å². The van der Waals surface area contributed by atoms with Crippen molar-refractivity contribution in [3.63, 3.8) is 0 Å². The lowest BCUT2D eigenvalue weighted by Gasteiger charge is -2.43. The molecule has 1 unspecified atom stereocenters.